The molecule has 1 atom stereocenters. The van der Waals surface area contributed by atoms with E-state index >= 15 is 0 Å². The zero-order valence-electron chi connectivity index (χ0n) is 12.4. The van der Waals surface area contributed by atoms with E-state index in [2.05, 4.69) is 18.3 Å². The van der Waals surface area contributed by atoms with E-state index < -0.39 is 5.41 Å². The minimum atomic E-state index is -0.816. The molecule has 0 bridgehead atoms. The van der Waals surface area contributed by atoms with Crippen LogP contribution in [0.25, 0.3) is 0 Å². The molecule has 3 nitrogen and oxygen atoms in total. The molecule has 0 aromatic heterocycles. The third-order valence-corrected chi connectivity index (χ3v) is 3.37. The zero-order chi connectivity index (χ0) is 14.0. The van der Waals surface area contributed by atoms with E-state index in [0.29, 0.717) is 12.8 Å². The van der Waals surface area contributed by atoms with Crippen LogP contribution >= 0.6 is 0 Å². The van der Waals surface area contributed by atoms with Crippen molar-refractivity contribution in [2.45, 2.75) is 78.7 Å². The zero-order valence-corrected chi connectivity index (χ0v) is 12.4. The summed E-state index contributed by atoms with van der Waals surface area (Å²) in [6, 6.07) is 2.43. The van der Waals surface area contributed by atoms with Crippen molar-refractivity contribution in [3.05, 3.63) is 0 Å². The van der Waals surface area contributed by atoms with Gasteiger partial charge in [0.15, 0.2) is 0 Å². The van der Waals surface area contributed by atoms with E-state index in [1.54, 1.807) is 0 Å². The van der Waals surface area contributed by atoms with Gasteiger partial charge in [0.05, 0.1) is 6.07 Å². The molecule has 18 heavy (non-hydrogen) atoms. The minimum absolute atomic E-state index is 0.0719. The van der Waals surface area contributed by atoms with Crippen LogP contribution in [0.2, 0.25) is 0 Å². The van der Waals surface area contributed by atoms with Gasteiger partial charge in [-0.25, -0.2) is 0 Å². The summed E-state index contributed by atoms with van der Waals surface area (Å²) >= 11 is 0. The monoisotopic (exact) mass is 252 g/mol. The van der Waals surface area contributed by atoms with Crippen molar-refractivity contribution < 1.29 is 4.79 Å². The van der Waals surface area contributed by atoms with E-state index in [4.69, 9.17) is 0 Å². The van der Waals surface area contributed by atoms with Gasteiger partial charge in [0, 0.05) is 6.04 Å². The summed E-state index contributed by atoms with van der Waals surface area (Å²) in [6.45, 7) is 8.21. The first-order chi connectivity index (χ1) is 8.56. The number of unbranched alkanes of at least 4 members (excludes halogenated alkanes) is 1. The van der Waals surface area contributed by atoms with Crippen LogP contribution in [0.1, 0.15) is 72.6 Å². The van der Waals surface area contributed by atoms with Crippen LogP contribution in [0.15, 0.2) is 0 Å². The maximum atomic E-state index is 12.3. The van der Waals surface area contributed by atoms with Crippen molar-refractivity contribution in [1.82, 2.24) is 5.32 Å². The van der Waals surface area contributed by atoms with Gasteiger partial charge < -0.3 is 5.32 Å². The van der Waals surface area contributed by atoms with Crippen LogP contribution in [0, 0.1) is 16.7 Å². The van der Waals surface area contributed by atoms with Gasteiger partial charge in [-0.2, -0.15) is 5.26 Å². The lowest BCUT2D eigenvalue weighted by molar-refractivity contribution is -0.129. The molecule has 1 unspecified atom stereocenters. The van der Waals surface area contributed by atoms with Crippen LogP contribution in [-0.4, -0.2) is 11.9 Å². The number of nitrogens with zero attached hydrogens (tertiary/aromatic N) is 1. The lowest BCUT2D eigenvalue weighted by Gasteiger charge is -2.26. The maximum Gasteiger partial charge on any atom is 0.240 e. The number of hydrogen-bond acceptors (Lipinski definition) is 2. The number of nitriles is 1. The van der Waals surface area contributed by atoms with E-state index in [1.165, 1.54) is 0 Å². The molecule has 0 aliphatic carbocycles. The second-order valence-corrected chi connectivity index (χ2v) is 5.21. The third-order valence-electron chi connectivity index (χ3n) is 3.37. The molecule has 0 saturated heterocycles. The smallest absolute Gasteiger partial charge is 0.240 e. The molecule has 0 aliphatic heterocycles. The Balaban J connectivity index is 4.60. The predicted octanol–water partition coefficient (Wildman–Crippen LogP) is 3.79. The van der Waals surface area contributed by atoms with Crippen molar-refractivity contribution in [3.8, 4) is 6.07 Å². The quantitative estimate of drug-likeness (QED) is 0.678. The highest BCUT2D eigenvalue weighted by molar-refractivity contribution is 5.85. The van der Waals surface area contributed by atoms with Gasteiger partial charge in [-0.1, -0.05) is 46.5 Å². The number of amides is 1. The van der Waals surface area contributed by atoms with Gasteiger partial charge in [0.1, 0.15) is 5.41 Å². The molecule has 0 radical (unpaired) electrons. The molecule has 104 valence electrons. The van der Waals surface area contributed by atoms with Crippen molar-refractivity contribution >= 4 is 5.91 Å². The van der Waals surface area contributed by atoms with Crippen LogP contribution in [0.5, 0.6) is 0 Å². The maximum absolute atomic E-state index is 12.3. The van der Waals surface area contributed by atoms with Gasteiger partial charge >= 0.3 is 0 Å². The van der Waals surface area contributed by atoms with E-state index in [9.17, 15) is 10.1 Å². The van der Waals surface area contributed by atoms with Gasteiger partial charge in [0.2, 0.25) is 5.91 Å². The Kier molecular flexibility index (Phi) is 8.45. The first-order valence-corrected chi connectivity index (χ1v) is 7.28. The summed E-state index contributed by atoms with van der Waals surface area (Å²) < 4.78 is 0. The van der Waals surface area contributed by atoms with Gasteiger partial charge in [-0.3, -0.25) is 4.79 Å². The van der Waals surface area contributed by atoms with Crippen molar-refractivity contribution in [2.75, 3.05) is 0 Å². The fraction of sp³-hybridized carbons (Fsp3) is 0.867. The Hall–Kier alpha value is -1.04. The van der Waals surface area contributed by atoms with Gasteiger partial charge in [-0.05, 0) is 26.2 Å². The standard InChI is InChI=1S/C15H28N2O/c1-5-8-9-13(4)17-14(18)15(12-16,10-6-2)11-7-3/h13H,5-11H2,1-4H3,(H,17,18). The molecule has 0 aromatic carbocycles. The topological polar surface area (TPSA) is 52.9 Å². The molecule has 0 fully saturated rings. The van der Waals surface area contributed by atoms with Crippen LogP contribution < -0.4 is 5.32 Å². The summed E-state index contributed by atoms with van der Waals surface area (Å²) in [6.07, 6.45) is 6.28. The number of carbonyl (C=O) groups excluding carboxylic acids is 1. The fourth-order valence-corrected chi connectivity index (χ4v) is 2.31. The van der Waals surface area contributed by atoms with Crippen LogP contribution in [0.4, 0.5) is 0 Å². The number of nitrogens with one attached hydrogen (secondary N) is 1. The molecule has 0 heterocycles. The first-order valence-electron chi connectivity index (χ1n) is 7.28. The summed E-state index contributed by atoms with van der Waals surface area (Å²) in [5.41, 5.74) is -0.816. The average Bonchev–Trinajstić information content (AvgIpc) is 2.35. The summed E-state index contributed by atoms with van der Waals surface area (Å²) in [5, 5.41) is 12.4. The third kappa shape index (κ3) is 5.08. The van der Waals surface area contributed by atoms with E-state index in [-0.39, 0.29) is 11.9 Å². The largest absolute Gasteiger partial charge is 0.352 e. The Morgan fingerprint density at radius 1 is 1.22 bits per heavy atom. The van der Waals surface area contributed by atoms with Crippen LogP contribution in [0.3, 0.4) is 0 Å². The number of carbonyl (C=O) groups is 1. The average molecular weight is 252 g/mol. The first kappa shape index (κ1) is 17.0. The SMILES string of the molecule is CCCCC(C)NC(=O)C(C#N)(CCC)CCC. The second kappa shape index (κ2) is 8.97. The van der Waals surface area contributed by atoms with Crippen molar-refractivity contribution in [2.24, 2.45) is 5.41 Å². The Bertz CT molecular complexity index is 275. The van der Waals surface area contributed by atoms with E-state index in [0.717, 1.165) is 32.1 Å². The lowest BCUT2D eigenvalue weighted by Crippen LogP contribution is -2.44. The Labute approximate surface area is 112 Å². The van der Waals surface area contributed by atoms with E-state index in [1.807, 2.05) is 20.8 Å². The summed E-state index contributed by atoms with van der Waals surface area (Å²) in [7, 11) is 0. The summed E-state index contributed by atoms with van der Waals surface area (Å²) in [5.74, 6) is -0.0719. The molecule has 0 saturated carbocycles. The molecule has 0 aromatic rings. The van der Waals surface area contributed by atoms with Crippen molar-refractivity contribution in [1.29, 1.82) is 5.26 Å². The Morgan fingerprint density at radius 3 is 2.17 bits per heavy atom. The number of rotatable bonds is 9. The highest BCUT2D eigenvalue weighted by atomic mass is 16.2. The molecule has 0 rings (SSSR count). The highest BCUT2D eigenvalue weighted by Gasteiger charge is 2.37. The Morgan fingerprint density at radius 2 is 1.78 bits per heavy atom. The molecular formula is C15H28N2O. The lowest BCUT2D eigenvalue weighted by atomic mass is 9.79. The normalized spacial score (nSPS) is 12.8. The molecular weight excluding hydrogens is 224 g/mol. The summed E-state index contributed by atoms with van der Waals surface area (Å²) in [4.78, 5) is 12.3. The molecule has 3 heteroatoms. The molecule has 1 N–H and O–H groups in total. The molecule has 1 amide bonds. The number of hydrogen-bond donors (Lipinski definition) is 1. The van der Waals surface area contributed by atoms with Crippen molar-refractivity contribution in [3.63, 3.8) is 0 Å². The predicted molar refractivity (Wildman–Crippen MR) is 75.0 cm³/mol. The molecule has 0 aliphatic rings. The fourth-order valence-electron chi connectivity index (χ4n) is 2.31. The highest BCUT2D eigenvalue weighted by Crippen LogP contribution is 2.29. The second-order valence-electron chi connectivity index (χ2n) is 5.21. The molecule has 0 spiro atoms. The van der Waals surface area contributed by atoms with Gasteiger partial charge in [0.25, 0.3) is 0 Å². The van der Waals surface area contributed by atoms with Gasteiger partial charge in [-0.15, -0.1) is 0 Å². The minimum Gasteiger partial charge on any atom is -0.352 e. The van der Waals surface area contributed by atoms with Crippen LogP contribution in [-0.2, 0) is 4.79 Å².